The van der Waals surface area contributed by atoms with Gasteiger partial charge < -0.3 is 4.42 Å². The zero-order valence-corrected chi connectivity index (χ0v) is 26.7. The van der Waals surface area contributed by atoms with E-state index < -0.39 is 0 Å². The number of hydrogen-bond acceptors (Lipinski definition) is 5. The highest BCUT2D eigenvalue weighted by atomic mass is 16.3. The van der Waals surface area contributed by atoms with Crippen molar-refractivity contribution in [3.05, 3.63) is 164 Å². The van der Waals surface area contributed by atoms with Gasteiger partial charge in [-0.2, -0.15) is 0 Å². The lowest BCUT2D eigenvalue weighted by atomic mass is 9.99. The van der Waals surface area contributed by atoms with Crippen LogP contribution in [0.3, 0.4) is 0 Å². The van der Waals surface area contributed by atoms with Gasteiger partial charge in [0.05, 0.1) is 16.8 Å². The molecule has 50 heavy (non-hydrogen) atoms. The summed E-state index contributed by atoms with van der Waals surface area (Å²) in [4.78, 5) is 20.0. The van der Waals surface area contributed by atoms with Crippen LogP contribution in [0.15, 0.2) is 168 Å². The summed E-state index contributed by atoms with van der Waals surface area (Å²) in [6.45, 7) is 0. The van der Waals surface area contributed by atoms with Crippen LogP contribution in [-0.4, -0.2) is 24.5 Å². The Morgan fingerprint density at radius 3 is 1.92 bits per heavy atom. The maximum atomic E-state index is 6.75. The largest absolute Gasteiger partial charge is 0.455 e. The van der Waals surface area contributed by atoms with E-state index in [1.165, 1.54) is 0 Å². The van der Waals surface area contributed by atoms with E-state index in [-0.39, 0.29) is 0 Å². The Labute approximate surface area is 287 Å². The first kappa shape index (κ1) is 28.1. The summed E-state index contributed by atoms with van der Waals surface area (Å²) >= 11 is 0. The number of furan rings is 1. The highest BCUT2D eigenvalue weighted by Gasteiger charge is 2.20. The second-order valence-corrected chi connectivity index (χ2v) is 12.3. The molecule has 0 radical (unpaired) electrons. The van der Waals surface area contributed by atoms with E-state index in [4.69, 9.17) is 24.4 Å². The maximum Gasteiger partial charge on any atom is 0.167 e. The molecule has 0 saturated carbocycles. The molecule has 10 rings (SSSR count). The van der Waals surface area contributed by atoms with Crippen LogP contribution in [0, 0.1) is 0 Å². The summed E-state index contributed by atoms with van der Waals surface area (Å²) in [6.07, 6.45) is 1.84. The Morgan fingerprint density at radius 1 is 0.440 bits per heavy atom. The molecule has 6 aromatic carbocycles. The normalized spacial score (nSPS) is 11.6. The molecule has 0 N–H and O–H groups in total. The van der Waals surface area contributed by atoms with Gasteiger partial charge in [0, 0.05) is 44.9 Å². The molecule has 234 valence electrons. The van der Waals surface area contributed by atoms with Crippen molar-refractivity contribution in [2.75, 3.05) is 0 Å². The van der Waals surface area contributed by atoms with Crippen molar-refractivity contribution in [1.82, 2.24) is 24.5 Å². The van der Waals surface area contributed by atoms with Crippen molar-refractivity contribution < 1.29 is 4.42 Å². The minimum Gasteiger partial charge on any atom is -0.455 e. The number of benzene rings is 6. The molecule has 0 spiro atoms. The summed E-state index contributed by atoms with van der Waals surface area (Å²) in [5.41, 5.74) is 9.29. The van der Waals surface area contributed by atoms with Gasteiger partial charge in [-0.1, -0.05) is 115 Å². The number of nitrogens with zero attached hydrogens (tertiary/aromatic N) is 5. The molecular weight excluding hydrogens is 615 g/mol. The van der Waals surface area contributed by atoms with Gasteiger partial charge in [0.25, 0.3) is 0 Å². The summed E-state index contributed by atoms with van der Waals surface area (Å²) in [7, 11) is 0. The number of pyridine rings is 1. The molecule has 4 aromatic heterocycles. The van der Waals surface area contributed by atoms with Gasteiger partial charge in [-0.25, -0.2) is 19.9 Å². The van der Waals surface area contributed by atoms with Crippen LogP contribution in [0.25, 0.3) is 94.9 Å². The first-order chi connectivity index (χ1) is 24.8. The monoisotopic (exact) mass is 641 g/mol. The Kier molecular flexibility index (Phi) is 6.39. The fourth-order valence-corrected chi connectivity index (χ4v) is 7.04. The van der Waals surface area contributed by atoms with E-state index in [0.717, 1.165) is 77.4 Å². The van der Waals surface area contributed by atoms with Gasteiger partial charge >= 0.3 is 0 Å². The van der Waals surface area contributed by atoms with E-state index in [1.807, 2.05) is 85.1 Å². The number of aromatic nitrogens is 5. The number of para-hydroxylation sites is 2. The first-order valence-corrected chi connectivity index (χ1v) is 16.6. The van der Waals surface area contributed by atoms with Crippen LogP contribution >= 0.6 is 0 Å². The van der Waals surface area contributed by atoms with E-state index >= 15 is 0 Å². The molecule has 0 aliphatic carbocycles. The molecule has 0 unspecified atom stereocenters. The second kappa shape index (κ2) is 11.4. The maximum absolute atomic E-state index is 6.75. The summed E-state index contributed by atoms with van der Waals surface area (Å²) in [5.74, 6) is 1.75. The summed E-state index contributed by atoms with van der Waals surface area (Å²) < 4.78 is 8.95. The van der Waals surface area contributed by atoms with Gasteiger partial charge in [0.15, 0.2) is 17.5 Å². The topological polar surface area (TPSA) is 69.6 Å². The van der Waals surface area contributed by atoms with Crippen LogP contribution in [0.4, 0.5) is 0 Å². The lowest BCUT2D eigenvalue weighted by Gasteiger charge is -2.12. The van der Waals surface area contributed by atoms with Crippen LogP contribution in [0.1, 0.15) is 0 Å². The molecule has 6 nitrogen and oxygen atoms in total. The van der Waals surface area contributed by atoms with E-state index in [2.05, 4.69) is 83.4 Å². The third kappa shape index (κ3) is 4.50. The molecule has 0 amide bonds. The van der Waals surface area contributed by atoms with Crippen LogP contribution in [-0.2, 0) is 0 Å². The zero-order valence-electron chi connectivity index (χ0n) is 26.7. The Morgan fingerprint density at radius 2 is 1.08 bits per heavy atom. The summed E-state index contributed by atoms with van der Waals surface area (Å²) in [6, 6.07) is 53.7. The third-order valence-corrected chi connectivity index (χ3v) is 9.34. The average Bonchev–Trinajstić information content (AvgIpc) is 3.74. The lowest BCUT2D eigenvalue weighted by Crippen LogP contribution is -2.01. The standard InChI is InChI=1S/C44H27N5O/c1-3-13-28(14-4-1)31-17-7-8-19-35(31)42-46-41(29-15-5-2-6-16-29)47-43(48-42)37-21-11-20-34-33-25-24-30(27-39(33)50-40(34)37)49-38-23-10-9-18-32(38)36-22-12-26-45-44(36)49/h1-27H. The highest BCUT2D eigenvalue weighted by Crippen LogP contribution is 2.39. The Bertz CT molecular complexity index is 2820. The Balaban J connectivity index is 1.18. The highest BCUT2D eigenvalue weighted by molar-refractivity contribution is 6.11. The molecule has 10 aromatic rings. The molecule has 0 bridgehead atoms. The summed E-state index contributed by atoms with van der Waals surface area (Å²) in [5, 5.41) is 4.30. The molecule has 0 fully saturated rings. The van der Waals surface area contributed by atoms with Gasteiger partial charge in [0.2, 0.25) is 0 Å². The zero-order chi connectivity index (χ0) is 33.0. The smallest absolute Gasteiger partial charge is 0.167 e. The van der Waals surface area contributed by atoms with Crippen LogP contribution < -0.4 is 0 Å². The van der Waals surface area contributed by atoms with Crippen molar-refractivity contribution in [1.29, 1.82) is 0 Å². The van der Waals surface area contributed by atoms with E-state index in [0.29, 0.717) is 17.5 Å². The van der Waals surface area contributed by atoms with E-state index in [9.17, 15) is 0 Å². The molecule has 0 aliphatic heterocycles. The average molecular weight is 642 g/mol. The van der Waals surface area contributed by atoms with Gasteiger partial charge in [-0.15, -0.1) is 0 Å². The van der Waals surface area contributed by atoms with Crippen molar-refractivity contribution in [2.45, 2.75) is 0 Å². The van der Waals surface area contributed by atoms with Crippen molar-refractivity contribution >= 4 is 43.9 Å². The number of fused-ring (bicyclic) bond motifs is 6. The van der Waals surface area contributed by atoms with Crippen LogP contribution in [0.5, 0.6) is 0 Å². The Hall–Kier alpha value is -6.92. The van der Waals surface area contributed by atoms with E-state index in [1.54, 1.807) is 0 Å². The minimum atomic E-state index is 0.549. The first-order valence-electron chi connectivity index (χ1n) is 16.6. The van der Waals surface area contributed by atoms with Gasteiger partial charge in [-0.05, 0) is 47.5 Å². The predicted octanol–water partition coefficient (Wildman–Crippen LogP) is 10.9. The number of hydrogen-bond donors (Lipinski definition) is 0. The second-order valence-electron chi connectivity index (χ2n) is 12.3. The minimum absolute atomic E-state index is 0.549. The molecule has 6 heteroatoms. The molecule has 0 atom stereocenters. The fourth-order valence-electron chi connectivity index (χ4n) is 7.04. The predicted molar refractivity (Wildman–Crippen MR) is 201 cm³/mol. The van der Waals surface area contributed by atoms with Crippen molar-refractivity contribution in [3.63, 3.8) is 0 Å². The SMILES string of the molecule is c1ccc(-c2nc(-c3ccccc3-c3ccccc3)nc(-c3cccc4c3oc3cc(-n5c6ccccc6c6cccnc65)ccc34)n2)cc1. The third-order valence-electron chi connectivity index (χ3n) is 9.34. The molecular formula is C44H27N5O. The van der Waals surface area contributed by atoms with Gasteiger partial charge in [-0.3, -0.25) is 4.57 Å². The molecule has 4 heterocycles. The van der Waals surface area contributed by atoms with Crippen molar-refractivity contribution in [3.8, 4) is 51.0 Å². The lowest BCUT2D eigenvalue weighted by molar-refractivity contribution is 0.669. The quantitative estimate of drug-likeness (QED) is 0.187. The number of rotatable bonds is 5. The molecule has 0 saturated heterocycles. The van der Waals surface area contributed by atoms with Crippen molar-refractivity contribution in [2.24, 2.45) is 0 Å². The van der Waals surface area contributed by atoms with Crippen LogP contribution in [0.2, 0.25) is 0 Å². The fraction of sp³-hybridized carbons (Fsp3) is 0. The molecule has 0 aliphatic rings. The van der Waals surface area contributed by atoms with Gasteiger partial charge in [0.1, 0.15) is 16.8 Å².